The first-order chi connectivity index (χ1) is 14.4. The monoisotopic (exact) mass is 407 g/mol. The van der Waals surface area contributed by atoms with Crippen molar-refractivity contribution in [1.29, 1.82) is 0 Å². The lowest BCUT2D eigenvalue weighted by atomic mass is 10.1. The van der Waals surface area contributed by atoms with Gasteiger partial charge >= 0.3 is 6.03 Å². The number of urea groups is 1. The van der Waals surface area contributed by atoms with Crippen LogP contribution in [0, 0.1) is 0 Å². The van der Waals surface area contributed by atoms with Crippen LogP contribution in [0.4, 0.5) is 4.79 Å². The summed E-state index contributed by atoms with van der Waals surface area (Å²) >= 11 is 0. The van der Waals surface area contributed by atoms with E-state index in [0.717, 1.165) is 22.0 Å². The summed E-state index contributed by atoms with van der Waals surface area (Å²) in [6.45, 7) is 4.11. The van der Waals surface area contributed by atoms with Gasteiger partial charge in [0.25, 0.3) is 5.91 Å². The Kier molecular flexibility index (Phi) is 6.69. The first-order valence-electron chi connectivity index (χ1n) is 9.70. The molecule has 0 saturated heterocycles. The molecule has 4 amide bonds. The smallest absolute Gasteiger partial charge is 0.315 e. The zero-order valence-corrected chi connectivity index (χ0v) is 16.9. The Bertz CT molecular complexity index is 1040. The van der Waals surface area contributed by atoms with Gasteiger partial charge in [0.05, 0.1) is 6.42 Å². The van der Waals surface area contributed by atoms with Gasteiger partial charge in [0, 0.05) is 35.2 Å². The lowest BCUT2D eigenvalue weighted by Gasteiger charge is -2.10. The summed E-state index contributed by atoms with van der Waals surface area (Å²) in [5.41, 5.74) is 7.93. The Morgan fingerprint density at radius 3 is 2.43 bits per heavy atom. The SMILES string of the molecule is CC(C)NC(=O)NCc1ccc(C(=O)NNC(=O)Cc2c[nH]c3ccccc23)cc1. The highest BCUT2D eigenvalue weighted by molar-refractivity contribution is 5.96. The number of aromatic nitrogens is 1. The number of fused-ring (bicyclic) bond motifs is 1. The van der Waals surface area contributed by atoms with E-state index in [1.165, 1.54) is 0 Å². The summed E-state index contributed by atoms with van der Waals surface area (Å²) in [5.74, 6) is -0.732. The third kappa shape index (κ3) is 5.60. The minimum absolute atomic E-state index is 0.0576. The third-order valence-electron chi connectivity index (χ3n) is 4.43. The van der Waals surface area contributed by atoms with Crippen LogP contribution in [0.2, 0.25) is 0 Å². The average molecular weight is 407 g/mol. The zero-order valence-electron chi connectivity index (χ0n) is 16.9. The first kappa shape index (κ1) is 20.9. The highest BCUT2D eigenvalue weighted by Gasteiger charge is 2.11. The Labute approximate surface area is 174 Å². The van der Waals surface area contributed by atoms with E-state index in [9.17, 15) is 14.4 Å². The van der Waals surface area contributed by atoms with Gasteiger partial charge in [-0.05, 0) is 43.2 Å². The molecule has 8 nitrogen and oxygen atoms in total. The number of carbonyl (C=O) groups excluding carboxylic acids is 3. The number of aromatic amines is 1. The molecule has 0 spiro atoms. The fourth-order valence-corrected chi connectivity index (χ4v) is 2.96. The lowest BCUT2D eigenvalue weighted by molar-refractivity contribution is -0.121. The van der Waals surface area contributed by atoms with Gasteiger partial charge in [0.2, 0.25) is 5.91 Å². The Morgan fingerprint density at radius 1 is 0.967 bits per heavy atom. The fraction of sp³-hybridized carbons (Fsp3) is 0.227. The van der Waals surface area contributed by atoms with Crippen LogP contribution in [0.5, 0.6) is 0 Å². The highest BCUT2D eigenvalue weighted by atomic mass is 16.2. The van der Waals surface area contributed by atoms with Crippen LogP contribution in [0.15, 0.2) is 54.7 Å². The molecule has 3 rings (SSSR count). The van der Waals surface area contributed by atoms with E-state index < -0.39 is 5.91 Å². The van der Waals surface area contributed by atoms with E-state index in [1.807, 2.05) is 38.1 Å². The minimum Gasteiger partial charge on any atom is -0.361 e. The number of hydrogen-bond donors (Lipinski definition) is 5. The van der Waals surface area contributed by atoms with Gasteiger partial charge in [0.15, 0.2) is 0 Å². The van der Waals surface area contributed by atoms with Crippen LogP contribution in [0.3, 0.4) is 0 Å². The van der Waals surface area contributed by atoms with E-state index in [2.05, 4.69) is 26.5 Å². The lowest BCUT2D eigenvalue weighted by Crippen LogP contribution is -2.42. The van der Waals surface area contributed by atoms with Crippen molar-refractivity contribution in [3.8, 4) is 0 Å². The Morgan fingerprint density at radius 2 is 1.70 bits per heavy atom. The van der Waals surface area contributed by atoms with Gasteiger partial charge in [-0.25, -0.2) is 4.79 Å². The van der Waals surface area contributed by atoms with Gasteiger partial charge in [-0.2, -0.15) is 0 Å². The molecule has 0 aliphatic carbocycles. The minimum atomic E-state index is -0.417. The predicted octanol–water partition coefficient (Wildman–Crippen LogP) is 2.38. The molecule has 8 heteroatoms. The molecule has 0 radical (unpaired) electrons. The van der Waals surface area contributed by atoms with Gasteiger partial charge < -0.3 is 15.6 Å². The van der Waals surface area contributed by atoms with Gasteiger partial charge in [-0.1, -0.05) is 30.3 Å². The van der Waals surface area contributed by atoms with Gasteiger partial charge in [-0.15, -0.1) is 0 Å². The molecule has 0 aliphatic heterocycles. The van der Waals surface area contributed by atoms with Crippen molar-refractivity contribution in [1.82, 2.24) is 26.5 Å². The Hall–Kier alpha value is -3.81. The number of H-pyrrole nitrogens is 1. The molecule has 156 valence electrons. The molecule has 0 unspecified atom stereocenters. The molecule has 2 aromatic carbocycles. The van der Waals surface area contributed by atoms with Crippen molar-refractivity contribution < 1.29 is 14.4 Å². The Balaban J connectivity index is 1.47. The normalized spacial score (nSPS) is 10.6. The van der Waals surface area contributed by atoms with E-state index in [4.69, 9.17) is 0 Å². The van der Waals surface area contributed by atoms with Crippen molar-refractivity contribution in [3.05, 3.63) is 71.4 Å². The number of nitrogens with one attached hydrogen (secondary N) is 5. The maximum atomic E-state index is 12.3. The van der Waals surface area contributed by atoms with Crippen molar-refractivity contribution in [2.24, 2.45) is 0 Å². The van der Waals surface area contributed by atoms with Crippen molar-refractivity contribution in [2.75, 3.05) is 0 Å². The molecular formula is C22H25N5O3. The molecule has 0 saturated carbocycles. The quantitative estimate of drug-likeness (QED) is 0.404. The molecule has 3 aromatic rings. The van der Waals surface area contributed by atoms with Crippen molar-refractivity contribution in [2.45, 2.75) is 32.9 Å². The summed E-state index contributed by atoms with van der Waals surface area (Å²) < 4.78 is 0. The number of para-hydroxylation sites is 1. The predicted molar refractivity (Wildman–Crippen MR) is 115 cm³/mol. The van der Waals surface area contributed by atoms with Crippen LogP contribution in [0.25, 0.3) is 10.9 Å². The summed E-state index contributed by atoms with van der Waals surface area (Å²) in [7, 11) is 0. The second-order valence-corrected chi connectivity index (χ2v) is 7.22. The second-order valence-electron chi connectivity index (χ2n) is 7.22. The van der Waals surface area contributed by atoms with E-state index in [-0.39, 0.29) is 24.4 Å². The second kappa shape index (κ2) is 9.60. The van der Waals surface area contributed by atoms with E-state index in [0.29, 0.717) is 12.1 Å². The van der Waals surface area contributed by atoms with Crippen LogP contribution >= 0.6 is 0 Å². The van der Waals surface area contributed by atoms with E-state index >= 15 is 0 Å². The van der Waals surface area contributed by atoms with Crippen LogP contribution in [-0.4, -0.2) is 28.9 Å². The number of rotatable bonds is 6. The van der Waals surface area contributed by atoms with E-state index in [1.54, 1.807) is 30.5 Å². The molecule has 1 aromatic heterocycles. The topological polar surface area (TPSA) is 115 Å². The summed E-state index contributed by atoms with van der Waals surface area (Å²) in [6, 6.07) is 14.3. The summed E-state index contributed by atoms with van der Waals surface area (Å²) in [6.07, 6.45) is 1.94. The average Bonchev–Trinajstić information content (AvgIpc) is 3.13. The molecule has 0 bridgehead atoms. The van der Waals surface area contributed by atoms with Crippen molar-refractivity contribution >= 4 is 28.7 Å². The molecule has 0 aliphatic rings. The van der Waals surface area contributed by atoms with Gasteiger partial charge in [-0.3, -0.25) is 20.4 Å². The summed E-state index contributed by atoms with van der Waals surface area (Å²) in [4.78, 5) is 39.2. The zero-order chi connectivity index (χ0) is 21.5. The molecular weight excluding hydrogens is 382 g/mol. The fourth-order valence-electron chi connectivity index (χ4n) is 2.96. The standard InChI is InChI=1S/C22H25N5O3/c1-14(2)25-22(30)24-12-15-7-9-16(10-8-15)21(29)27-26-20(28)11-17-13-23-19-6-4-3-5-18(17)19/h3-10,13-14,23H,11-12H2,1-2H3,(H,26,28)(H,27,29)(H2,24,25,30). The maximum Gasteiger partial charge on any atom is 0.315 e. The van der Waals surface area contributed by atoms with Crippen molar-refractivity contribution in [3.63, 3.8) is 0 Å². The van der Waals surface area contributed by atoms with Crippen LogP contribution in [0.1, 0.15) is 35.3 Å². The largest absolute Gasteiger partial charge is 0.361 e. The number of amides is 4. The highest BCUT2D eigenvalue weighted by Crippen LogP contribution is 2.17. The summed E-state index contributed by atoms with van der Waals surface area (Å²) in [5, 5.41) is 6.46. The number of hydrazine groups is 1. The third-order valence-corrected chi connectivity index (χ3v) is 4.43. The molecule has 30 heavy (non-hydrogen) atoms. The molecule has 0 atom stereocenters. The molecule has 0 fully saturated rings. The van der Waals surface area contributed by atoms with Crippen LogP contribution < -0.4 is 21.5 Å². The van der Waals surface area contributed by atoms with Crippen LogP contribution in [-0.2, 0) is 17.8 Å². The molecule has 5 N–H and O–H groups in total. The maximum absolute atomic E-state index is 12.3. The van der Waals surface area contributed by atoms with Gasteiger partial charge in [0.1, 0.15) is 0 Å². The molecule has 1 heterocycles. The number of benzene rings is 2. The number of hydrogen-bond acceptors (Lipinski definition) is 3. The first-order valence-corrected chi connectivity index (χ1v) is 9.70. The number of carbonyl (C=O) groups is 3.